The van der Waals surface area contributed by atoms with Crippen molar-refractivity contribution in [1.29, 1.82) is 0 Å². The molecule has 3 aromatic rings. The van der Waals surface area contributed by atoms with E-state index in [2.05, 4.69) is 0 Å². The predicted molar refractivity (Wildman–Crippen MR) is 122 cm³/mol. The number of carbonyl (C=O) groups is 4. The van der Waals surface area contributed by atoms with Gasteiger partial charge in [-0.15, -0.1) is 0 Å². The molecule has 7 nitrogen and oxygen atoms in total. The first-order chi connectivity index (χ1) is 16.1. The molecule has 0 N–H and O–H groups in total. The first kappa shape index (κ1) is 20.6. The summed E-state index contributed by atoms with van der Waals surface area (Å²) in [4.78, 5) is 55.4. The molecule has 0 atom stereocenters. The van der Waals surface area contributed by atoms with E-state index in [0.29, 0.717) is 35.3 Å². The van der Waals surface area contributed by atoms with Crippen molar-refractivity contribution in [2.24, 2.45) is 0 Å². The van der Waals surface area contributed by atoms with Crippen molar-refractivity contribution in [2.45, 2.75) is 0 Å². The van der Waals surface area contributed by atoms with Crippen LogP contribution in [-0.4, -0.2) is 59.6 Å². The van der Waals surface area contributed by atoms with Gasteiger partial charge < -0.3 is 4.90 Å². The minimum Gasteiger partial charge on any atom is -0.368 e. The molecule has 0 saturated heterocycles. The van der Waals surface area contributed by atoms with Crippen LogP contribution in [0.4, 0.5) is 5.69 Å². The van der Waals surface area contributed by atoms with Gasteiger partial charge in [-0.05, 0) is 36.4 Å². The summed E-state index contributed by atoms with van der Waals surface area (Å²) >= 11 is 0. The van der Waals surface area contributed by atoms with Crippen LogP contribution in [0.1, 0.15) is 41.4 Å². The topological polar surface area (TPSA) is 78.0 Å². The number of hydrogen-bond acceptors (Lipinski definition) is 5. The van der Waals surface area contributed by atoms with Crippen LogP contribution in [-0.2, 0) is 0 Å². The van der Waals surface area contributed by atoms with Crippen molar-refractivity contribution in [2.75, 3.05) is 31.1 Å². The summed E-state index contributed by atoms with van der Waals surface area (Å²) in [6.07, 6.45) is 0. The Bertz CT molecular complexity index is 1120. The highest BCUT2D eigenvalue weighted by molar-refractivity contribution is 6.22. The van der Waals surface area contributed by atoms with Gasteiger partial charge >= 0.3 is 0 Å². The molecule has 0 radical (unpaired) electrons. The highest BCUT2D eigenvalue weighted by Gasteiger charge is 2.36. The maximum Gasteiger partial charge on any atom is 0.261 e. The quantitative estimate of drug-likeness (QED) is 0.529. The van der Waals surface area contributed by atoms with Crippen molar-refractivity contribution in [1.82, 2.24) is 9.80 Å². The van der Waals surface area contributed by atoms with Crippen LogP contribution in [0.25, 0.3) is 0 Å². The van der Waals surface area contributed by atoms with Crippen molar-refractivity contribution in [3.63, 3.8) is 0 Å². The van der Waals surface area contributed by atoms with Crippen molar-refractivity contribution >= 4 is 29.3 Å². The van der Waals surface area contributed by atoms with Crippen molar-refractivity contribution < 1.29 is 19.2 Å². The lowest BCUT2D eigenvalue weighted by atomic mass is 10.1. The molecule has 0 saturated carbocycles. The molecule has 0 spiro atoms. The normalized spacial score (nSPS) is 14.7. The second-order valence-electron chi connectivity index (χ2n) is 7.94. The minimum atomic E-state index is -0.302. The zero-order valence-electron chi connectivity index (χ0n) is 17.8. The van der Waals surface area contributed by atoms with Crippen molar-refractivity contribution in [3.05, 3.63) is 101 Å². The van der Waals surface area contributed by atoms with Gasteiger partial charge in [0.25, 0.3) is 23.6 Å². The Morgan fingerprint density at radius 1 is 0.485 bits per heavy atom. The molecule has 7 heteroatoms. The maximum absolute atomic E-state index is 12.7. The molecule has 0 aliphatic carbocycles. The van der Waals surface area contributed by atoms with Gasteiger partial charge in [0, 0.05) is 31.9 Å². The number of carbonyl (C=O) groups excluding carboxylic acids is 4. The van der Waals surface area contributed by atoms with Crippen LogP contribution in [0, 0.1) is 0 Å². The van der Waals surface area contributed by atoms with E-state index in [-0.39, 0.29) is 36.7 Å². The number of anilines is 1. The van der Waals surface area contributed by atoms with Gasteiger partial charge in [0.05, 0.1) is 22.3 Å². The van der Waals surface area contributed by atoms with Crippen LogP contribution in [0.2, 0.25) is 0 Å². The van der Waals surface area contributed by atoms with Crippen LogP contribution in [0.15, 0.2) is 78.9 Å². The molecule has 0 fully saturated rings. The van der Waals surface area contributed by atoms with E-state index in [1.165, 1.54) is 9.80 Å². The first-order valence-electron chi connectivity index (χ1n) is 10.8. The number of amides is 4. The molecule has 4 amide bonds. The van der Waals surface area contributed by atoms with Crippen LogP contribution >= 0.6 is 0 Å². The standard InChI is InChI=1S/C26H21N3O4/c30-23-19-10-4-5-11-20(19)24(31)28(23)16-14-27(18-8-2-1-3-9-18)15-17-29-25(32)21-12-6-7-13-22(21)26(29)33/h1-13H,14-17H2. The zero-order chi connectivity index (χ0) is 22.9. The molecular formula is C26H21N3O4. The molecule has 3 aromatic carbocycles. The van der Waals surface area contributed by atoms with E-state index in [4.69, 9.17) is 0 Å². The van der Waals surface area contributed by atoms with Crippen molar-refractivity contribution in [3.8, 4) is 0 Å². The van der Waals surface area contributed by atoms with Crippen LogP contribution in [0.3, 0.4) is 0 Å². The van der Waals surface area contributed by atoms with E-state index >= 15 is 0 Å². The summed E-state index contributed by atoms with van der Waals surface area (Å²) in [6, 6.07) is 23.1. The number of benzene rings is 3. The Balaban J connectivity index is 1.31. The minimum absolute atomic E-state index is 0.198. The molecule has 2 aliphatic rings. The molecule has 164 valence electrons. The molecular weight excluding hydrogens is 418 g/mol. The summed E-state index contributed by atoms with van der Waals surface area (Å²) in [5.41, 5.74) is 2.55. The van der Waals surface area contributed by atoms with E-state index in [9.17, 15) is 19.2 Å². The Hall–Kier alpha value is -4.26. The lowest BCUT2D eigenvalue weighted by molar-refractivity contribution is 0.0650. The van der Waals surface area contributed by atoms with Crippen LogP contribution in [0.5, 0.6) is 0 Å². The third-order valence-electron chi connectivity index (χ3n) is 6.06. The fourth-order valence-electron chi connectivity index (χ4n) is 4.33. The smallest absolute Gasteiger partial charge is 0.261 e. The Morgan fingerprint density at radius 2 is 0.818 bits per heavy atom. The average molecular weight is 439 g/mol. The third-order valence-corrected chi connectivity index (χ3v) is 6.06. The van der Waals surface area contributed by atoms with Gasteiger partial charge in [0.15, 0.2) is 0 Å². The lowest BCUT2D eigenvalue weighted by Crippen LogP contribution is -2.42. The van der Waals surface area contributed by atoms with E-state index < -0.39 is 0 Å². The summed E-state index contributed by atoms with van der Waals surface area (Å²) in [7, 11) is 0. The summed E-state index contributed by atoms with van der Waals surface area (Å²) in [6.45, 7) is 1.14. The van der Waals surface area contributed by atoms with Gasteiger partial charge in [0.1, 0.15) is 0 Å². The van der Waals surface area contributed by atoms with Crippen LogP contribution < -0.4 is 4.90 Å². The van der Waals surface area contributed by atoms with Gasteiger partial charge in [-0.1, -0.05) is 42.5 Å². The van der Waals surface area contributed by atoms with Gasteiger partial charge in [0.2, 0.25) is 0 Å². The number of para-hydroxylation sites is 1. The third kappa shape index (κ3) is 3.57. The second-order valence-corrected chi connectivity index (χ2v) is 7.94. The second kappa shape index (κ2) is 8.35. The molecule has 0 unspecified atom stereocenters. The fourth-order valence-corrected chi connectivity index (χ4v) is 4.33. The van der Waals surface area contributed by atoms with Gasteiger partial charge in [-0.3, -0.25) is 29.0 Å². The number of fused-ring (bicyclic) bond motifs is 2. The lowest BCUT2D eigenvalue weighted by Gasteiger charge is -2.28. The fraction of sp³-hybridized carbons (Fsp3) is 0.154. The SMILES string of the molecule is O=C1c2ccccc2C(=O)N1CCN(CCN1C(=O)c2ccccc2C1=O)c1ccccc1. The zero-order valence-corrected chi connectivity index (χ0v) is 17.8. The number of hydrogen-bond donors (Lipinski definition) is 0. The highest BCUT2D eigenvalue weighted by Crippen LogP contribution is 2.24. The largest absolute Gasteiger partial charge is 0.368 e. The number of imide groups is 2. The maximum atomic E-state index is 12.7. The summed E-state index contributed by atoms with van der Waals surface area (Å²) in [5.74, 6) is -1.21. The summed E-state index contributed by atoms with van der Waals surface area (Å²) in [5, 5.41) is 0. The molecule has 5 rings (SSSR count). The molecule has 33 heavy (non-hydrogen) atoms. The monoisotopic (exact) mass is 439 g/mol. The van der Waals surface area contributed by atoms with E-state index in [1.54, 1.807) is 48.5 Å². The number of rotatable bonds is 7. The molecule has 2 heterocycles. The molecule has 2 aliphatic heterocycles. The highest BCUT2D eigenvalue weighted by atomic mass is 16.2. The molecule has 0 bridgehead atoms. The van der Waals surface area contributed by atoms with E-state index in [1.807, 2.05) is 35.2 Å². The Kier molecular flexibility index (Phi) is 5.22. The van der Waals surface area contributed by atoms with E-state index in [0.717, 1.165) is 5.69 Å². The first-order valence-corrected chi connectivity index (χ1v) is 10.8. The molecule has 0 aromatic heterocycles. The average Bonchev–Trinajstić information content (AvgIpc) is 3.25. The summed E-state index contributed by atoms with van der Waals surface area (Å²) < 4.78 is 0. The predicted octanol–water partition coefficient (Wildman–Crippen LogP) is 3.09. The number of nitrogens with zero attached hydrogens (tertiary/aromatic N) is 3. The van der Waals surface area contributed by atoms with Gasteiger partial charge in [-0.2, -0.15) is 0 Å². The Morgan fingerprint density at radius 3 is 1.18 bits per heavy atom. The van der Waals surface area contributed by atoms with Gasteiger partial charge in [-0.25, -0.2) is 0 Å². The Labute approximate surface area is 190 Å².